The van der Waals surface area contributed by atoms with Crippen LogP contribution in [0.25, 0.3) is 6.08 Å². The topological polar surface area (TPSA) is 30.5 Å². The van der Waals surface area contributed by atoms with Crippen molar-refractivity contribution in [1.82, 2.24) is 5.32 Å². The van der Waals surface area contributed by atoms with Crippen LogP contribution >= 0.6 is 11.3 Å². The fourth-order valence-electron chi connectivity index (χ4n) is 2.32. The number of thiophene rings is 1. The number of hydrogen-bond acceptors (Lipinski definition) is 4. The van der Waals surface area contributed by atoms with E-state index in [4.69, 9.17) is 9.47 Å². The predicted octanol–water partition coefficient (Wildman–Crippen LogP) is 3.43. The summed E-state index contributed by atoms with van der Waals surface area (Å²) in [6.45, 7) is 0. The Morgan fingerprint density at radius 3 is 2.63 bits per heavy atom. The van der Waals surface area contributed by atoms with E-state index in [2.05, 4.69) is 35.0 Å². The minimum absolute atomic E-state index is 0.180. The molecule has 1 N–H and O–H groups in total. The van der Waals surface area contributed by atoms with E-state index in [0.29, 0.717) is 0 Å². The fraction of sp³-hybridized carbons (Fsp3) is 0.200. The third kappa shape index (κ3) is 2.08. The second kappa shape index (κ2) is 4.97. The molecule has 0 saturated carbocycles. The second-order valence-corrected chi connectivity index (χ2v) is 5.26. The molecule has 1 aliphatic rings. The largest absolute Gasteiger partial charge is 0.493 e. The van der Waals surface area contributed by atoms with Gasteiger partial charge in [-0.15, -0.1) is 11.3 Å². The standard InChI is InChI=1S/C15H15NO2S/c1-17-12-8-10-5-6-16-15(14-4-3-7-19-14)11(10)9-13(12)18-2/h3-9,15-16H,1-2H3/t15-/m1/s1. The lowest BCUT2D eigenvalue weighted by Gasteiger charge is -2.24. The number of methoxy groups -OCH3 is 2. The lowest BCUT2D eigenvalue weighted by molar-refractivity contribution is 0.354. The van der Waals surface area contributed by atoms with Crippen molar-refractivity contribution in [2.45, 2.75) is 6.04 Å². The molecule has 98 valence electrons. The maximum Gasteiger partial charge on any atom is 0.161 e. The van der Waals surface area contributed by atoms with Crippen molar-refractivity contribution in [1.29, 1.82) is 0 Å². The third-order valence-electron chi connectivity index (χ3n) is 3.25. The minimum Gasteiger partial charge on any atom is -0.493 e. The third-order valence-corrected chi connectivity index (χ3v) is 4.19. The van der Waals surface area contributed by atoms with Gasteiger partial charge in [0.05, 0.1) is 20.3 Å². The number of rotatable bonds is 3. The van der Waals surface area contributed by atoms with Gasteiger partial charge in [0, 0.05) is 4.88 Å². The first-order valence-electron chi connectivity index (χ1n) is 6.05. The summed E-state index contributed by atoms with van der Waals surface area (Å²) in [5.41, 5.74) is 2.37. The Morgan fingerprint density at radius 2 is 1.95 bits per heavy atom. The Morgan fingerprint density at radius 1 is 1.16 bits per heavy atom. The highest BCUT2D eigenvalue weighted by Gasteiger charge is 2.21. The van der Waals surface area contributed by atoms with E-state index >= 15 is 0 Å². The monoisotopic (exact) mass is 273 g/mol. The van der Waals surface area contributed by atoms with E-state index in [0.717, 1.165) is 17.1 Å². The molecule has 1 aliphatic heterocycles. The summed E-state index contributed by atoms with van der Waals surface area (Å²) in [4.78, 5) is 1.29. The highest BCUT2D eigenvalue weighted by atomic mass is 32.1. The van der Waals surface area contributed by atoms with Crippen LogP contribution in [0, 0.1) is 0 Å². The highest BCUT2D eigenvalue weighted by molar-refractivity contribution is 7.10. The van der Waals surface area contributed by atoms with E-state index in [1.54, 1.807) is 25.6 Å². The zero-order valence-electron chi connectivity index (χ0n) is 10.8. The second-order valence-electron chi connectivity index (χ2n) is 4.28. The SMILES string of the molecule is COc1cc2c(cc1OC)[C@H](c1cccs1)NC=C2. The maximum absolute atomic E-state index is 5.39. The molecule has 1 aromatic carbocycles. The Labute approximate surface area is 116 Å². The van der Waals surface area contributed by atoms with Crippen LogP contribution in [0.2, 0.25) is 0 Å². The molecule has 2 aromatic rings. The molecule has 3 nitrogen and oxygen atoms in total. The summed E-state index contributed by atoms with van der Waals surface area (Å²) in [5.74, 6) is 1.53. The summed E-state index contributed by atoms with van der Waals surface area (Å²) >= 11 is 1.75. The van der Waals surface area contributed by atoms with Gasteiger partial charge in [0.25, 0.3) is 0 Å². The zero-order valence-corrected chi connectivity index (χ0v) is 11.7. The highest BCUT2D eigenvalue weighted by Crippen LogP contribution is 2.38. The Hall–Kier alpha value is -1.94. The predicted molar refractivity (Wildman–Crippen MR) is 77.9 cm³/mol. The summed E-state index contributed by atoms with van der Waals surface area (Å²) in [5, 5.41) is 5.49. The normalized spacial score (nSPS) is 16.6. The summed E-state index contributed by atoms with van der Waals surface area (Å²) < 4.78 is 10.7. The van der Waals surface area contributed by atoms with Crippen LogP contribution in [0.1, 0.15) is 22.0 Å². The van der Waals surface area contributed by atoms with Gasteiger partial charge in [-0.1, -0.05) is 6.07 Å². The van der Waals surface area contributed by atoms with Crippen molar-refractivity contribution >= 4 is 17.4 Å². The lowest BCUT2D eigenvalue weighted by Crippen LogP contribution is -2.20. The van der Waals surface area contributed by atoms with Gasteiger partial charge in [0.2, 0.25) is 0 Å². The van der Waals surface area contributed by atoms with Crippen molar-refractivity contribution in [2.24, 2.45) is 0 Å². The molecule has 0 radical (unpaired) electrons. The molecule has 0 unspecified atom stereocenters. The van der Waals surface area contributed by atoms with Crippen LogP contribution in [-0.2, 0) is 0 Å². The van der Waals surface area contributed by atoms with Crippen molar-refractivity contribution in [3.05, 3.63) is 51.8 Å². The molecule has 2 heterocycles. The van der Waals surface area contributed by atoms with Gasteiger partial charge in [-0.05, 0) is 47.0 Å². The summed E-state index contributed by atoms with van der Waals surface area (Å²) in [6.07, 6.45) is 4.04. The van der Waals surface area contributed by atoms with Gasteiger partial charge < -0.3 is 14.8 Å². The van der Waals surface area contributed by atoms with Crippen LogP contribution in [0.15, 0.2) is 35.8 Å². The maximum atomic E-state index is 5.39. The van der Waals surface area contributed by atoms with Gasteiger partial charge in [-0.2, -0.15) is 0 Å². The van der Waals surface area contributed by atoms with Gasteiger partial charge in [0.15, 0.2) is 11.5 Å². The number of ether oxygens (including phenoxy) is 2. The number of fused-ring (bicyclic) bond motifs is 1. The van der Waals surface area contributed by atoms with Crippen LogP contribution < -0.4 is 14.8 Å². The summed E-state index contributed by atoms with van der Waals surface area (Å²) in [7, 11) is 3.32. The van der Waals surface area contributed by atoms with Gasteiger partial charge in [0.1, 0.15) is 0 Å². The molecule has 19 heavy (non-hydrogen) atoms. The molecule has 0 bridgehead atoms. The zero-order chi connectivity index (χ0) is 13.2. The van der Waals surface area contributed by atoms with Crippen LogP contribution in [-0.4, -0.2) is 14.2 Å². The minimum atomic E-state index is 0.180. The fourth-order valence-corrected chi connectivity index (χ4v) is 3.12. The van der Waals surface area contributed by atoms with Crippen molar-refractivity contribution < 1.29 is 9.47 Å². The Bertz CT molecular complexity index is 605. The van der Waals surface area contributed by atoms with Crippen molar-refractivity contribution in [3.8, 4) is 11.5 Å². The molecule has 0 aliphatic carbocycles. The Balaban J connectivity index is 2.11. The van der Waals surface area contributed by atoms with Gasteiger partial charge in [-0.3, -0.25) is 0 Å². The number of hydrogen-bond donors (Lipinski definition) is 1. The molecular weight excluding hydrogens is 258 g/mol. The molecule has 0 fully saturated rings. The first-order valence-corrected chi connectivity index (χ1v) is 6.93. The average molecular weight is 273 g/mol. The molecule has 0 spiro atoms. The Kier molecular flexibility index (Phi) is 3.17. The van der Waals surface area contributed by atoms with Gasteiger partial charge in [-0.25, -0.2) is 0 Å². The molecule has 3 rings (SSSR count). The van der Waals surface area contributed by atoms with E-state index in [1.165, 1.54) is 10.4 Å². The average Bonchev–Trinajstić information content (AvgIpc) is 2.99. The number of benzene rings is 1. The quantitative estimate of drug-likeness (QED) is 0.929. The van der Waals surface area contributed by atoms with Crippen LogP contribution in [0.5, 0.6) is 11.5 Å². The van der Waals surface area contributed by atoms with Gasteiger partial charge >= 0.3 is 0 Å². The molecule has 0 saturated heterocycles. The summed E-state index contributed by atoms with van der Waals surface area (Å²) in [6, 6.07) is 8.46. The van der Waals surface area contributed by atoms with E-state index in [1.807, 2.05) is 12.3 Å². The van der Waals surface area contributed by atoms with Crippen LogP contribution in [0.3, 0.4) is 0 Å². The van der Waals surface area contributed by atoms with Crippen LogP contribution in [0.4, 0.5) is 0 Å². The van der Waals surface area contributed by atoms with Crippen molar-refractivity contribution in [3.63, 3.8) is 0 Å². The van der Waals surface area contributed by atoms with E-state index in [-0.39, 0.29) is 6.04 Å². The lowest BCUT2D eigenvalue weighted by atomic mass is 9.96. The molecule has 4 heteroatoms. The van der Waals surface area contributed by atoms with E-state index < -0.39 is 0 Å². The van der Waals surface area contributed by atoms with Crippen molar-refractivity contribution in [2.75, 3.05) is 14.2 Å². The molecule has 0 amide bonds. The molecule has 1 atom stereocenters. The number of nitrogens with one attached hydrogen (secondary N) is 1. The van der Waals surface area contributed by atoms with E-state index in [9.17, 15) is 0 Å². The molecule has 1 aromatic heterocycles. The smallest absolute Gasteiger partial charge is 0.161 e. The first kappa shape index (κ1) is 12.1. The molecular formula is C15H15NO2S. The first-order chi connectivity index (χ1) is 9.33.